The summed E-state index contributed by atoms with van der Waals surface area (Å²) in [5.41, 5.74) is 1.80. The molecule has 0 radical (unpaired) electrons. The Labute approximate surface area is 175 Å². The minimum Gasteiger partial charge on any atom is -0.462 e. The second-order valence-corrected chi connectivity index (χ2v) is 8.53. The van der Waals surface area contributed by atoms with E-state index in [4.69, 9.17) is 9.15 Å². The maximum atomic E-state index is 11.1. The van der Waals surface area contributed by atoms with Gasteiger partial charge in [-0.05, 0) is 55.9 Å². The highest BCUT2D eigenvalue weighted by Crippen LogP contribution is 2.33. The summed E-state index contributed by atoms with van der Waals surface area (Å²) in [4.78, 5) is 2.42. The fourth-order valence-corrected chi connectivity index (χ4v) is 4.42. The molecule has 0 saturated carbocycles. The Morgan fingerprint density at radius 2 is 1.83 bits per heavy atom. The minimum absolute atomic E-state index is 0.297. The molecule has 3 rings (SSSR count). The Morgan fingerprint density at radius 1 is 1.07 bits per heavy atom. The first-order valence-electron chi connectivity index (χ1n) is 11.2. The van der Waals surface area contributed by atoms with Gasteiger partial charge in [-0.2, -0.15) is 0 Å². The van der Waals surface area contributed by atoms with Crippen LogP contribution in [-0.4, -0.2) is 29.3 Å². The number of ether oxygens (including phenoxy) is 1. The molecule has 29 heavy (non-hydrogen) atoms. The smallest absolute Gasteiger partial charge is 0.135 e. The topological polar surface area (TPSA) is 45.8 Å². The van der Waals surface area contributed by atoms with Gasteiger partial charge in [0, 0.05) is 19.7 Å². The summed E-state index contributed by atoms with van der Waals surface area (Å²) >= 11 is 0. The van der Waals surface area contributed by atoms with Crippen LogP contribution in [-0.2, 0) is 23.4 Å². The number of aryl methyl sites for hydroxylation is 1. The third-order valence-electron chi connectivity index (χ3n) is 5.97. The van der Waals surface area contributed by atoms with Crippen molar-refractivity contribution < 1.29 is 14.3 Å². The van der Waals surface area contributed by atoms with Crippen LogP contribution in [0.2, 0.25) is 0 Å². The van der Waals surface area contributed by atoms with Gasteiger partial charge in [-0.25, -0.2) is 0 Å². The molecule has 1 aliphatic heterocycles. The number of benzene rings is 1. The molecule has 1 saturated heterocycles. The third kappa shape index (κ3) is 5.94. The second-order valence-electron chi connectivity index (χ2n) is 8.53. The number of furan rings is 1. The first kappa shape index (κ1) is 22.1. The average molecular weight is 400 g/mol. The molecule has 0 spiro atoms. The van der Waals surface area contributed by atoms with Crippen molar-refractivity contribution in [2.24, 2.45) is 0 Å². The van der Waals surface area contributed by atoms with E-state index < -0.39 is 5.60 Å². The van der Waals surface area contributed by atoms with Crippen LogP contribution in [0.15, 0.2) is 40.8 Å². The van der Waals surface area contributed by atoms with Gasteiger partial charge in [-0.15, -0.1) is 0 Å². The fourth-order valence-electron chi connectivity index (χ4n) is 4.42. The van der Waals surface area contributed by atoms with Gasteiger partial charge in [0.2, 0.25) is 0 Å². The predicted molar refractivity (Wildman–Crippen MR) is 117 cm³/mol. The largest absolute Gasteiger partial charge is 0.462 e. The molecule has 0 aliphatic carbocycles. The molecule has 1 aliphatic rings. The molecule has 4 heteroatoms. The SMILES string of the molecule is CCCC(O)(CCC)c1ccc(CN(Cc2ccccc2C)CC2CCCO2)o1. The molecule has 1 aromatic carbocycles. The van der Waals surface area contributed by atoms with E-state index in [2.05, 4.69) is 49.9 Å². The molecule has 0 bridgehead atoms. The first-order valence-corrected chi connectivity index (χ1v) is 11.2. The van der Waals surface area contributed by atoms with Crippen LogP contribution in [0.4, 0.5) is 0 Å². The van der Waals surface area contributed by atoms with Gasteiger partial charge in [0.15, 0.2) is 0 Å². The van der Waals surface area contributed by atoms with Gasteiger partial charge < -0.3 is 14.3 Å². The first-order chi connectivity index (χ1) is 14.0. The lowest BCUT2D eigenvalue weighted by molar-refractivity contribution is -0.00564. The van der Waals surface area contributed by atoms with Crippen molar-refractivity contribution in [2.45, 2.75) is 84.1 Å². The fraction of sp³-hybridized carbons (Fsp3) is 0.600. The van der Waals surface area contributed by atoms with Crippen molar-refractivity contribution in [3.05, 3.63) is 59.0 Å². The summed E-state index contributed by atoms with van der Waals surface area (Å²) in [6, 6.07) is 12.6. The van der Waals surface area contributed by atoms with Crippen LogP contribution in [0.25, 0.3) is 0 Å². The Morgan fingerprint density at radius 3 is 2.48 bits per heavy atom. The van der Waals surface area contributed by atoms with Crippen molar-refractivity contribution in [3.8, 4) is 0 Å². The third-order valence-corrected chi connectivity index (χ3v) is 5.97. The monoisotopic (exact) mass is 399 g/mol. The van der Waals surface area contributed by atoms with Gasteiger partial charge in [-0.3, -0.25) is 4.90 Å². The van der Waals surface area contributed by atoms with Crippen LogP contribution in [0.5, 0.6) is 0 Å². The Kier molecular flexibility index (Phi) is 7.93. The lowest BCUT2D eigenvalue weighted by atomic mass is 9.90. The maximum absolute atomic E-state index is 11.1. The van der Waals surface area contributed by atoms with E-state index >= 15 is 0 Å². The standard InChI is InChI=1S/C25H37NO3/c1-4-14-25(27,15-5-2)24-13-12-23(29-24)19-26(18-22-11-8-16-28-22)17-21-10-7-6-9-20(21)3/h6-7,9-10,12-13,22,27H,4-5,8,11,14-19H2,1-3H3. The lowest BCUT2D eigenvalue weighted by Gasteiger charge is -2.26. The van der Waals surface area contributed by atoms with Crippen LogP contribution >= 0.6 is 0 Å². The number of rotatable bonds is 11. The van der Waals surface area contributed by atoms with Crippen molar-refractivity contribution in [2.75, 3.05) is 13.2 Å². The van der Waals surface area contributed by atoms with E-state index in [1.165, 1.54) is 11.1 Å². The molecule has 1 aromatic heterocycles. The number of hydrogen-bond acceptors (Lipinski definition) is 4. The quantitative estimate of drug-likeness (QED) is 0.537. The van der Waals surface area contributed by atoms with Gasteiger partial charge in [0.1, 0.15) is 17.1 Å². The second kappa shape index (κ2) is 10.4. The van der Waals surface area contributed by atoms with Gasteiger partial charge in [-0.1, -0.05) is 51.0 Å². The maximum Gasteiger partial charge on any atom is 0.135 e. The number of nitrogens with zero attached hydrogens (tertiary/aromatic N) is 1. The zero-order valence-corrected chi connectivity index (χ0v) is 18.3. The van der Waals surface area contributed by atoms with Crippen LogP contribution in [0.3, 0.4) is 0 Å². The van der Waals surface area contributed by atoms with Gasteiger partial charge >= 0.3 is 0 Å². The summed E-state index contributed by atoms with van der Waals surface area (Å²) in [7, 11) is 0. The van der Waals surface area contributed by atoms with E-state index in [0.29, 0.717) is 11.9 Å². The van der Waals surface area contributed by atoms with Crippen LogP contribution in [0, 0.1) is 6.92 Å². The van der Waals surface area contributed by atoms with Gasteiger partial charge in [0.25, 0.3) is 0 Å². The normalized spacial score (nSPS) is 17.3. The van der Waals surface area contributed by atoms with Crippen molar-refractivity contribution >= 4 is 0 Å². The highest BCUT2D eigenvalue weighted by atomic mass is 16.5. The molecule has 0 amide bonds. The number of hydrogen-bond donors (Lipinski definition) is 1. The number of aliphatic hydroxyl groups is 1. The zero-order valence-electron chi connectivity index (χ0n) is 18.3. The van der Waals surface area contributed by atoms with Crippen LogP contribution < -0.4 is 0 Å². The van der Waals surface area contributed by atoms with E-state index in [1.54, 1.807) is 0 Å². The molecule has 4 nitrogen and oxygen atoms in total. The van der Waals surface area contributed by atoms with Crippen molar-refractivity contribution in [1.82, 2.24) is 4.90 Å². The molecule has 1 N–H and O–H groups in total. The lowest BCUT2D eigenvalue weighted by Crippen LogP contribution is -2.31. The Balaban J connectivity index is 1.74. The van der Waals surface area contributed by atoms with Crippen LogP contribution in [0.1, 0.15) is 75.0 Å². The molecule has 2 heterocycles. The molecular weight excluding hydrogens is 362 g/mol. The molecule has 160 valence electrons. The van der Waals surface area contributed by atoms with Crippen molar-refractivity contribution in [3.63, 3.8) is 0 Å². The summed E-state index contributed by atoms with van der Waals surface area (Å²) in [5, 5.41) is 11.1. The average Bonchev–Trinajstić information content (AvgIpc) is 3.36. The predicted octanol–water partition coefficient (Wildman–Crippen LogP) is 5.56. The molecule has 1 atom stereocenters. The molecular formula is C25H37NO3. The summed E-state index contributed by atoms with van der Waals surface area (Å²) in [5.74, 6) is 1.63. The van der Waals surface area contributed by atoms with E-state index in [1.807, 2.05) is 12.1 Å². The molecule has 1 fully saturated rings. The van der Waals surface area contributed by atoms with E-state index in [9.17, 15) is 5.11 Å². The molecule has 2 aromatic rings. The molecule has 1 unspecified atom stereocenters. The summed E-state index contributed by atoms with van der Waals surface area (Å²) < 4.78 is 12.1. The van der Waals surface area contributed by atoms with E-state index in [-0.39, 0.29) is 0 Å². The highest BCUT2D eigenvalue weighted by molar-refractivity contribution is 5.25. The summed E-state index contributed by atoms with van der Waals surface area (Å²) in [6.45, 7) is 9.75. The summed E-state index contributed by atoms with van der Waals surface area (Å²) in [6.07, 6.45) is 5.91. The van der Waals surface area contributed by atoms with E-state index in [0.717, 1.165) is 70.5 Å². The Hall–Kier alpha value is -1.62. The highest BCUT2D eigenvalue weighted by Gasteiger charge is 2.31. The Bertz CT molecular complexity index is 742. The van der Waals surface area contributed by atoms with Gasteiger partial charge in [0.05, 0.1) is 12.6 Å². The zero-order chi connectivity index (χ0) is 20.7. The van der Waals surface area contributed by atoms with Crippen molar-refractivity contribution in [1.29, 1.82) is 0 Å². The minimum atomic E-state index is -0.850.